The Morgan fingerprint density at radius 2 is 2.05 bits per heavy atom. The van der Waals surface area contributed by atoms with Gasteiger partial charge in [-0.3, -0.25) is 9.78 Å². The van der Waals surface area contributed by atoms with Crippen molar-refractivity contribution in [3.63, 3.8) is 0 Å². The largest absolute Gasteiger partial charge is 0.376 e. The molecule has 0 spiro atoms. The van der Waals surface area contributed by atoms with E-state index in [9.17, 15) is 4.79 Å². The Kier molecular flexibility index (Phi) is 5.14. The van der Waals surface area contributed by atoms with Crippen molar-refractivity contribution in [2.75, 3.05) is 18.4 Å². The van der Waals surface area contributed by atoms with E-state index in [4.69, 9.17) is 0 Å². The first kappa shape index (κ1) is 15.3. The zero-order valence-corrected chi connectivity index (χ0v) is 12.9. The second-order valence-electron chi connectivity index (χ2n) is 5.58. The van der Waals surface area contributed by atoms with Crippen LogP contribution in [0.2, 0.25) is 0 Å². The Morgan fingerprint density at radius 3 is 2.76 bits per heavy atom. The number of aromatic nitrogens is 1. The lowest BCUT2D eigenvalue weighted by molar-refractivity contribution is -0.119. The Balaban J connectivity index is 2.12. The van der Waals surface area contributed by atoms with Crippen molar-refractivity contribution in [1.82, 2.24) is 10.3 Å². The smallest absolute Gasteiger partial charge is 0.239 e. The van der Waals surface area contributed by atoms with E-state index < -0.39 is 0 Å². The fourth-order valence-corrected chi connectivity index (χ4v) is 2.11. The zero-order chi connectivity index (χ0) is 15.2. The van der Waals surface area contributed by atoms with Crippen LogP contribution in [0.5, 0.6) is 0 Å². The van der Waals surface area contributed by atoms with Gasteiger partial charge in [-0.15, -0.1) is 0 Å². The summed E-state index contributed by atoms with van der Waals surface area (Å²) in [6.45, 7) is 7.23. The fourth-order valence-electron chi connectivity index (χ4n) is 2.11. The van der Waals surface area contributed by atoms with Crippen molar-refractivity contribution < 1.29 is 4.79 Å². The summed E-state index contributed by atoms with van der Waals surface area (Å²) in [7, 11) is 0. The minimum atomic E-state index is 0.0163. The minimum Gasteiger partial charge on any atom is -0.376 e. The number of aryl methyl sites for hydroxylation is 1. The average molecular weight is 285 g/mol. The van der Waals surface area contributed by atoms with Crippen molar-refractivity contribution in [2.24, 2.45) is 5.92 Å². The van der Waals surface area contributed by atoms with E-state index in [2.05, 4.69) is 36.4 Å². The highest BCUT2D eigenvalue weighted by Gasteiger charge is 2.07. The predicted octanol–water partition coefficient (Wildman–Crippen LogP) is 2.98. The number of pyridine rings is 1. The molecule has 0 aliphatic heterocycles. The first-order valence-electron chi connectivity index (χ1n) is 7.49. The van der Waals surface area contributed by atoms with Gasteiger partial charge in [0.25, 0.3) is 0 Å². The Labute approximate surface area is 126 Å². The number of para-hydroxylation sites is 1. The first-order chi connectivity index (χ1) is 10.1. The van der Waals surface area contributed by atoms with Gasteiger partial charge >= 0.3 is 0 Å². The molecule has 112 valence electrons. The molecule has 0 unspecified atom stereocenters. The van der Waals surface area contributed by atoms with Gasteiger partial charge in [0.1, 0.15) is 0 Å². The highest BCUT2D eigenvalue weighted by Crippen LogP contribution is 2.23. The minimum absolute atomic E-state index is 0.0163. The van der Waals surface area contributed by atoms with Crippen LogP contribution in [0.4, 0.5) is 5.69 Å². The van der Waals surface area contributed by atoms with Crippen LogP contribution in [0.15, 0.2) is 30.3 Å². The molecule has 0 radical (unpaired) electrons. The van der Waals surface area contributed by atoms with Crippen LogP contribution in [0.25, 0.3) is 10.9 Å². The van der Waals surface area contributed by atoms with Crippen LogP contribution in [0, 0.1) is 5.92 Å². The summed E-state index contributed by atoms with van der Waals surface area (Å²) in [5, 5.41) is 7.19. The third-order valence-electron chi connectivity index (χ3n) is 3.28. The lowest BCUT2D eigenvalue weighted by atomic mass is 10.1. The number of benzene rings is 1. The highest BCUT2D eigenvalue weighted by molar-refractivity contribution is 5.93. The molecule has 4 heteroatoms. The molecule has 2 N–H and O–H groups in total. The van der Waals surface area contributed by atoms with E-state index in [1.54, 1.807) is 0 Å². The summed E-state index contributed by atoms with van der Waals surface area (Å²) in [6, 6.07) is 10.0. The monoisotopic (exact) mass is 285 g/mol. The second kappa shape index (κ2) is 7.07. The molecule has 1 aromatic carbocycles. The molecule has 2 aromatic rings. The van der Waals surface area contributed by atoms with Crippen molar-refractivity contribution in [1.29, 1.82) is 0 Å². The average Bonchev–Trinajstić information content (AvgIpc) is 2.50. The SMILES string of the molecule is CCc1cc(NCC(=O)NCC(C)C)c2ccccc2n1. The van der Waals surface area contributed by atoms with Crippen LogP contribution in [0.1, 0.15) is 26.5 Å². The van der Waals surface area contributed by atoms with Crippen molar-refractivity contribution in [3.8, 4) is 0 Å². The van der Waals surface area contributed by atoms with E-state index >= 15 is 0 Å². The third-order valence-corrected chi connectivity index (χ3v) is 3.28. The molecule has 1 amide bonds. The van der Waals surface area contributed by atoms with Gasteiger partial charge in [0, 0.05) is 23.3 Å². The lowest BCUT2D eigenvalue weighted by Gasteiger charge is -2.12. The van der Waals surface area contributed by atoms with E-state index in [-0.39, 0.29) is 12.5 Å². The summed E-state index contributed by atoms with van der Waals surface area (Å²) in [4.78, 5) is 16.4. The number of nitrogens with one attached hydrogen (secondary N) is 2. The normalized spacial score (nSPS) is 10.9. The first-order valence-corrected chi connectivity index (χ1v) is 7.49. The standard InChI is InChI=1S/C17H23N3O/c1-4-13-9-16(14-7-5-6-8-15(14)20-13)18-11-17(21)19-10-12(2)3/h5-9,12H,4,10-11H2,1-3H3,(H,18,20)(H,19,21). The molecule has 0 saturated carbocycles. The molecule has 1 heterocycles. The van der Waals surface area contributed by atoms with Gasteiger partial charge in [-0.25, -0.2) is 0 Å². The van der Waals surface area contributed by atoms with E-state index in [1.807, 2.05) is 30.3 Å². The number of hydrogen-bond acceptors (Lipinski definition) is 3. The summed E-state index contributed by atoms with van der Waals surface area (Å²) in [5.74, 6) is 0.477. The summed E-state index contributed by atoms with van der Waals surface area (Å²) in [5.41, 5.74) is 2.96. The van der Waals surface area contributed by atoms with E-state index in [1.165, 1.54) is 0 Å². The molecular weight excluding hydrogens is 262 g/mol. The molecular formula is C17H23N3O. The predicted molar refractivity (Wildman–Crippen MR) is 87.5 cm³/mol. The van der Waals surface area contributed by atoms with Crippen LogP contribution < -0.4 is 10.6 Å². The number of anilines is 1. The quantitative estimate of drug-likeness (QED) is 0.858. The number of amides is 1. The molecule has 0 saturated heterocycles. The number of nitrogens with zero attached hydrogens (tertiary/aromatic N) is 1. The zero-order valence-electron chi connectivity index (χ0n) is 12.9. The molecule has 0 fully saturated rings. The maximum absolute atomic E-state index is 11.8. The summed E-state index contributed by atoms with van der Waals surface area (Å²) in [6.07, 6.45) is 0.874. The molecule has 0 bridgehead atoms. The number of rotatable bonds is 6. The number of carbonyl (C=O) groups is 1. The van der Waals surface area contributed by atoms with Crippen LogP contribution in [0.3, 0.4) is 0 Å². The number of fused-ring (bicyclic) bond motifs is 1. The Morgan fingerprint density at radius 1 is 1.29 bits per heavy atom. The number of carbonyl (C=O) groups excluding carboxylic acids is 1. The van der Waals surface area contributed by atoms with Gasteiger partial charge in [0.15, 0.2) is 0 Å². The van der Waals surface area contributed by atoms with E-state index in [0.29, 0.717) is 12.5 Å². The van der Waals surface area contributed by atoms with Crippen molar-refractivity contribution in [2.45, 2.75) is 27.2 Å². The molecule has 0 aliphatic rings. The Hall–Kier alpha value is -2.10. The van der Waals surface area contributed by atoms with Crippen molar-refractivity contribution >= 4 is 22.5 Å². The molecule has 0 atom stereocenters. The lowest BCUT2D eigenvalue weighted by Crippen LogP contribution is -2.32. The van der Waals surface area contributed by atoms with Gasteiger partial charge in [-0.05, 0) is 24.5 Å². The van der Waals surface area contributed by atoms with Gasteiger partial charge in [0.2, 0.25) is 5.91 Å². The van der Waals surface area contributed by atoms with Gasteiger partial charge < -0.3 is 10.6 Å². The third kappa shape index (κ3) is 4.18. The summed E-state index contributed by atoms with van der Waals surface area (Å²) >= 11 is 0. The topological polar surface area (TPSA) is 54.0 Å². The molecule has 2 rings (SSSR count). The van der Waals surface area contributed by atoms with Gasteiger partial charge in [-0.2, -0.15) is 0 Å². The second-order valence-corrected chi connectivity index (χ2v) is 5.58. The van der Waals surface area contributed by atoms with Gasteiger partial charge in [-0.1, -0.05) is 39.0 Å². The fraction of sp³-hybridized carbons (Fsp3) is 0.412. The van der Waals surface area contributed by atoms with Crippen molar-refractivity contribution in [3.05, 3.63) is 36.0 Å². The molecule has 1 aromatic heterocycles. The molecule has 21 heavy (non-hydrogen) atoms. The molecule has 0 aliphatic carbocycles. The molecule has 4 nitrogen and oxygen atoms in total. The maximum atomic E-state index is 11.8. The number of hydrogen-bond donors (Lipinski definition) is 2. The Bertz CT molecular complexity index is 622. The van der Waals surface area contributed by atoms with Crippen LogP contribution >= 0.6 is 0 Å². The van der Waals surface area contributed by atoms with Crippen LogP contribution in [-0.2, 0) is 11.2 Å². The van der Waals surface area contributed by atoms with Crippen LogP contribution in [-0.4, -0.2) is 24.0 Å². The van der Waals surface area contributed by atoms with Gasteiger partial charge in [0.05, 0.1) is 12.1 Å². The highest BCUT2D eigenvalue weighted by atomic mass is 16.1. The summed E-state index contributed by atoms with van der Waals surface area (Å²) < 4.78 is 0. The van der Waals surface area contributed by atoms with E-state index in [0.717, 1.165) is 28.7 Å². The maximum Gasteiger partial charge on any atom is 0.239 e.